The minimum Gasteiger partial charge on any atom is -0.319 e. The minimum absolute atomic E-state index is 0.212. The molecule has 3 aromatic rings. The van der Waals surface area contributed by atoms with Crippen LogP contribution in [0.3, 0.4) is 0 Å². The van der Waals surface area contributed by atoms with E-state index in [0.717, 1.165) is 4.90 Å². The smallest absolute Gasteiger partial charge is 0.288 e. The van der Waals surface area contributed by atoms with Gasteiger partial charge in [0, 0.05) is 16.0 Å². The molecule has 1 aromatic heterocycles. The fourth-order valence-electron chi connectivity index (χ4n) is 2.21. The summed E-state index contributed by atoms with van der Waals surface area (Å²) in [4.78, 5) is 13.8. The molecule has 0 atom stereocenters. The SMILES string of the molecule is O=C(Nc1cnn(CSc2ccccc2)c1)c1ccccc1SC(F)F. The molecule has 2 aromatic carbocycles. The number of aromatic nitrogens is 2. The molecule has 0 saturated heterocycles. The fraction of sp³-hybridized carbons (Fsp3) is 0.111. The Labute approximate surface area is 158 Å². The summed E-state index contributed by atoms with van der Waals surface area (Å²) in [6, 6.07) is 16.2. The number of anilines is 1. The normalized spacial score (nSPS) is 10.9. The van der Waals surface area contributed by atoms with E-state index < -0.39 is 11.7 Å². The monoisotopic (exact) mass is 391 g/mol. The highest BCUT2D eigenvalue weighted by Crippen LogP contribution is 2.29. The number of halogens is 2. The van der Waals surface area contributed by atoms with Crippen LogP contribution in [0.4, 0.5) is 14.5 Å². The lowest BCUT2D eigenvalue weighted by Crippen LogP contribution is -2.12. The zero-order valence-corrected chi connectivity index (χ0v) is 15.1. The largest absolute Gasteiger partial charge is 0.319 e. The van der Waals surface area contributed by atoms with Crippen molar-refractivity contribution in [2.24, 2.45) is 0 Å². The maximum atomic E-state index is 12.6. The molecule has 3 rings (SSSR count). The second kappa shape index (κ2) is 8.86. The van der Waals surface area contributed by atoms with Crippen molar-refractivity contribution in [1.29, 1.82) is 0 Å². The van der Waals surface area contributed by atoms with Gasteiger partial charge in [0.05, 0.1) is 23.3 Å². The Kier molecular flexibility index (Phi) is 6.30. The van der Waals surface area contributed by atoms with E-state index in [1.54, 1.807) is 34.8 Å². The molecular weight excluding hydrogens is 376 g/mol. The van der Waals surface area contributed by atoms with E-state index in [-0.39, 0.29) is 10.5 Å². The number of amides is 1. The quantitative estimate of drug-likeness (QED) is 0.563. The highest BCUT2D eigenvalue weighted by Gasteiger charge is 2.15. The van der Waals surface area contributed by atoms with Crippen LogP contribution in [0.25, 0.3) is 0 Å². The number of carbonyl (C=O) groups excluding carboxylic acids is 1. The van der Waals surface area contributed by atoms with Crippen molar-refractivity contribution in [2.75, 3.05) is 5.32 Å². The number of benzene rings is 2. The molecule has 0 aliphatic carbocycles. The number of thioether (sulfide) groups is 2. The van der Waals surface area contributed by atoms with Crippen LogP contribution in [0.5, 0.6) is 0 Å². The Hall–Kier alpha value is -2.32. The molecule has 0 fully saturated rings. The van der Waals surface area contributed by atoms with E-state index in [0.29, 0.717) is 23.3 Å². The molecule has 134 valence electrons. The van der Waals surface area contributed by atoms with Gasteiger partial charge in [0.15, 0.2) is 0 Å². The molecule has 0 spiro atoms. The number of hydrogen-bond donors (Lipinski definition) is 1. The molecule has 1 N–H and O–H groups in total. The Morgan fingerprint density at radius 1 is 1.12 bits per heavy atom. The summed E-state index contributed by atoms with van der Waals surface area (Å²) < 4.78 is 27.0. The van der Waals surface area contributed by atoms with Crippen molar-refractivity contribution < 1.29 is 13.6 Å². The van der Waals surface area contributed by atoms with E-state index in [2.05, 4.69) is 10.4 Å². The fourth-order valence-corrected chi connectivity index (χ4v) is 3.62. The van der Waals surface area contributed by atoms with Crippen LogP contribution in [-0.4, -0.2) is 21.4 Å². The third-order valence-electron chi connectivity index (χ3n) is 3.35. The van der Waals surface area contributed by atoms with Gasteiger partial charge in [0.25, 0.3) is 11.7 Å². The summed E-state index contributed by atoms with van der Waals surface area (Å²) in [5.74, 6) is -2.43. The van der Waals surface area contributed by atoms with Gasteiger partial charge in [-0.05, 0) is 24.3 Å². The summed E-state index contributed by atoms with van der Waals surface area (Å²) >= 11 is 1.97. The highest BCUT2D eigenvalue weighted by molar-refractivity contribution is 7.99. The lowest BCUT2D eigenvalue weighted by Gasteiger charge is -2.08. The molecule has 4 nitrogen and oxygen atoms in total. The Bertz CT molecular complexity index is 872. The summed E-state index contributed by atoms with van der Waals surface area (Å²) in [6.07, 6.45) is 3.24. The number of nitrogens with zero attached hydrogens (tertiary/aromatic N) is 2. The summed E-state index contributed by atoms with van der Waals surface area (Å²) in [5.41, 5.74) is 0.727. The van der Waals surface area contributed by atoms with Crippen molar-refractivity contribution >= 4 is 35.1 Å². The molecule has 0 bridgehead atoms. The maximum Gasteiger partial charge on any atom is 0.288 e. The van der Waals surface area contributed by atoms with Crippen LogP contribution in [0.1, 0.15) is 10.4 Å². The van der Waals surface area contributed by atoms with E-state index in [9.17, 15) is 13.6 Å². The molecule has 0 unspecified atom stereocenters. The maximum absolute atomic E-state index is 12.6. The number of alkyl halides is 2. The van der Waals surface area contributed by atoms with E-state index in [1.807, 2.05) is 30.3 Å². The average Bonchev–Trinajstić information content (AvgIpc) is 3.08. The van der Waals surface area contributed by atoms with E-state index >= 15 is 0 Å². The van der Waals surface area contributed by atoms with Crippen LogP contribution >= 0.6 is 23.5 Å². The van der Waals surface area contributed by atoms with Gasteiger partial charge in [-0.3, -0.25) is 9.48 Å². The first kappa shape index (κ1) is 18.5. The van der Waals surface area contributed by atoms with Crippen molar-refractivity contribution in [3.05, 3.63) is 72.6 Å². The number of rotatable bonds is 7. The number of hydrogen-bond acceptors (Lipinski definition) is 4. The van der Waals surface area contributed by atoms with Crippen molar-refractivity contribution in [1.82, 2.24) is 9.78 Å². The first-order valence-corrected chi connectivity index (χ1v) is 9.54. The second-order valence-corrected chi connectivity index (χ2v) is 7.23. The second-order valence-electron chi connectivity index (χ2n) is 5.18. The van der Waals surface area contributed by atoms with Gasteiger partial charge in [-0.1, -0.05) is 42.1 Å². The summed E-state index contributed by atoms with van der Waals surface area (Å²) in [5, 5.41) is 6.91. The van der Waals surface area contributed by atoms with Gasteiger partial charge in [0.1, 0.15) is 0 Å². The number of carbonyl (C=O) groups is 1. The van der Waals surface area contributed by atoms with Crippen LogP contribution in [0, 0.1) is 0 Å². The lowest BCUT2D eigenvalue weighted by molar-refractivity contribution is 0.102. The third kappa shape index (κ3) is 5.09. The standard InChI is InChI=1S/C18H15F2N3OS2/c19-18(20)26-16-9-5-4-8-15(16)17(24)22-13-10-21-23(11-13)12-25-14-6-2-1-3-7-14/h1-11,18H,12H2,(H,22,24). The minimum atomic E-state index is -2.58. The zero-order valence-electron chi connectivity index (χ0n) is 13.5. The molecule has 0 aliphatic heterocycles. The predicted molar refractivity (Wildman–Crippen MR) is 101 cm³/mol. The molecule has 26 heavy (non-hydrogen) atoms. The van der Waals surface area contributed by atoms with Gasteiger partial charge in [0.2, 0.25) is 0 Å². The first-order chi connectivity index (χ1) is 12.6. The molecule has 8 heteroatoms. The first-order valence-electron chi connectivity index (χ1n) is 7.67. The van der Waals surface area contributed by atoms with E-state index in [1.165, 1.54) is 18.3 Å². The van der Waals surface area contributed by atoms with Gasteiger partial charge in [-0.2, -0.15) is 13.9 Å². The van der Waals surface area contributed by atoms with Crippen LogP contribution in [0.2, 0.25) is 0 Å². The predicted octanol–water partition coefficient (Wildman–Crippen LogP) is 5.20. The van der Waals surface area contributed by atoms with Gasteiger partial charge >= 0.3 is 0 Å². The Morgan fingerprint density at radius 3 is 2.62 bits per heavy atom. The molecule has 1 amide bonds. The molecule has 0 aliphatic rings. The molecular formula is C18H15F2N3OS2. The molecule has 0 saturated carbocycles. The third-order valence-corrected chi connectivity index (χ3v) is 5.13. The molecule has 1 heterocycles. The van der Waals surface area contributed by atoms with Crippen LogP contribution in [0.15, 0.2) is 76.8 Å². The van der Waals surface area contributed by atoms with Crippen LogP contribution in [-0.2, 0) is 5.88 Å². The Balaban J connectivity index is 1.63. The van der Waals surface area contributed by atoms with Crippen molar-refractivity contribution in [3.8, 4) is 0 Å². The van der Waals surface area contributed by atoms with Gasteiger partial charge in [-0.25, -0.2) is 0 Å². The summed E-state index contributed by atoms with van der Waals surface area (Å²) in [6.45, 7) is 0. The topological polar surface area (TPSA) is 46.9 Å². The molecule has 0 radical (unpaired) electrons. The highest BCUT2D eigenvalue weighted by atomic mass is 32.2. The van der Waals surface area contributed by atoms with Gasteiger partial charge < -0.3 is 5.32 Å². The van der Waals surface area contributed by atoms with E-state index in [4.69, 9.17) is 0 Å². The zero-order chi connectivity index (χ0) is 18.4. The van der Waals surface area contributed by atoms with Crippen LogP contribution < -0.4 is 5.32 Å². The number of nitrogens with one attached hydrogen (secondary N) is 1. The average molecular weight is 391 g/mol. The lowest BCUT2D eigenvalue weighted by atomic mass is 10.2. The van der Waals surface area contributed by atoms with Crippen molar-refractivity contribution in [3.63, 3.8) is 0 Å². The summed E-state index contributed by atoms with van der Waals surface area (Å²) in [7, 11) is 0. The van der Waals surface area contributed by atoms with Crippen molar-refractivity contribution in [2.45, 2.75) is 21.4 Å². The van der Waals surface area contributed by atoms with Gasteiger partial charge in [-0.15, -0.1) is 11.8 Å². The Morgan fingerprint density at radius 2 is 1.85 bits per heavy atom.